The van der Waals surface area contributed by atoms with E-state index < -0.39 is 7.26 Å². The first-order chi connectivity index (χ1) is 9.16. The Hall–Kier alpha value is -0.880. The van der Waals surface area contributed by atoms with E-state index in [4.69, 9.17) is 0 Å². The summed E-state index contributed by atoms with van der Waals surface area (Å²) in [5.74, 6) is 0.209. The summed E-state index contributed by atoms with van der Waals surface area (Å²) in [4.78, 5) is 12.7. The van der Waals surface area contributed by atoms with Crippen molar-refractivity contribution in [3.05, 3.63) is 28.8 Å². The van der Waals surface area contributed by atoms with Crippen molar-refractivity contribution >= 4 is 18.9 Å². The molecule has 0 aromatic heterocycles. The Morgan fingerprint density at radius 3 is 2.05 bits per heavy atom. The molecule has 0 fully saturated rings. The molecule has 1 atom stereocenters. The van der Waals surface area contributed by atoms with Gasteiger partial charge in [-0.25, -0.2) is 0 Å². The number of carbonyl (C=O) groups excluding carboxylic acids is 1. The van der Waals surface area contributed by atoms with Crippen LogP contribution in [0, 0.1) is 20.8 Å². The minimum atomic E-state index is -1.48. The maximum absolute atomic E-state index is 12.7. The van der Waals surface area contributed by atoms with Crippen LogP contribution in [0.4, 0.5) is 5.69 Å². The molecule has 1 aromatic carbocycles. The summed E-state index contributed by atoms with van der Waals surface area (Å²) in [7, 11) is -1.48. The van der Waals surface area contributed by atoms with Crippen molar-refractivity contribution < 1.29 is 4.79 Å². The fourth-order valence-corrected chi connectivity index (χ4v) is 4.85. The third-order valence-electron chi connectivity index (χ3n) is 3.86. The summed E-state index contributed by atoms with van der Waals surface area (Å²) < 4.78 is 0. The molecule has 0 spiro atoms. The normalized spacial score (nSPS) is 13.9. The molecule has 0 heterocycles. The van der Waals surface area contributed by atoms with E-state index >= 15 is 0 Å². The molecule has 0 radical (unpaired) electrons. The summed E-state index contributed by atoms with van der Waals surface area (Å²) in [6.07, 6.45) is 2.06. The standard InChI is InChI=1S/C17H30NOP/c1-8-9-15(20(5,6)7)17(19)18-16-13(3)10-12(2)11-14(16)4/h10-11,15,20H,8-9H2,1-7H3,(H,18,19). The summed E-state index contributed by atoms with van der Waals surface area (Å²) in [6, 6.07) is 4.26. The molecule has 114 valence electrons. The van der Waals surface area contributed by atoms with Crippen LogP contribution in [0.15, 0.2) is 12.1 Å². The Balaban J connectivity index is 3.00. The molecule has 0 aliphatic carbocycles. The molecule has 0 bridgehead atoms. The molecule has 2 nitrogen and oxygen atoms in total. The molecule has 20 heavy (non-hydrogen) atoms. The third kappa shape index (κ3) is 4.31. The van der Waals surface area contributed by atoms with Crippen LogP contribution in [0.1, 0.15) is 36.5 Å². The topological polar surface area (TPSA) is 29.1 Å². The Kier molecular flexibility index (Phi) is 5.77. The van der Waals surface area contributed by atoms with Gasteiger partial charge in [-0.3, -0.25) is 0 Å². The zero-order chi connectivity index (χ0) is 15.5. The number of benzene rings is 1. The van der Waals surface area contributed by atoms with Gasteiger partial charge in [0.05, 0.1) is 0 Å². The summed E-state index contributed by atoms with van der Waals surface area (Å²) in [6.45, 7) is 15.2. The van der Waals surface area contributed by atoms with Crippen molar-refractivity contribution in [3.63, 3.8) is 0 Å². The van der Waals surface area contributed by atoms with Gasteiger partial charge in [0, 0.05) is 0 Å². The Bertz CT molecular complexity index is 465. The Labute approximate surface area is 124 Å². The zero-order valence-corrected chi connectivity index (χ0v) is 15.1. The van der Waals surface area contributed by atoms with E-state index in [0.29, 0.717) is 0 Å². The molecule has 1 rings (SSSR count). The average molecular weight is 295 g/mol. The van der Waals surface area contributed by atoms with Crippen LogP contribution >= 0.6 is 7.26 Å². The number of nitrogens with one attached hydrogen (secondary N) is 1. The average Bonchev–Trinajstić information content (AvgIpc) is 2.28. The van der Waals surface area contributed by atoms with Gasteiger partial charge in [0.15, 0.2) is 0 Å². The molecule has 0 saturated carbocycles. The predicted molar refractivity (Wildman–Crippen MR) is 94.1 cm³/mol. The quantitative estimate of drug-likeness (QED) is 0.804. The van der Waals surface area contributed by atoms with Gasteiger partial charge in [-0.05, 0) is 0 Å². The van der Waals surface area contributed by atoms with Crippen molar-refractivity contribution in [2.45, 2.75) is 46.2 Å². The summed E-state index contributed by atoms with van der Waals surface area (Å²) in [5.41, 5.74) is 4.74. The second-order valence-corrected chi connectivity index (χ2v) is 12.4. The SMILES string of the molecule is CCCC(C(=O)Nc1c(C)cc(C)cc1C)[PH](C)(C)C. The van der Waals surface area contributed by atoms with Crippen molar-refractivity contribution in [2.24, 2.45) is 0 Å². The number of anilines is 1. The van der Waals surface area contributed by atoms with Crippen LogP contribution in [0.25, 0.3) is 0 Å². The molecule has 1 N–H and O–H groups in total. The van der Waals surface area contributed by atoms with Crippen molar-refractivity contribution in [1.82, 2.24) is 0 Å². The van der Waals surface area contributed by atoms with E-state index in [9.17, 15) is 4.79 Å². The van der Waals surface area contributed by atoms with Crippen molar-refractivity contribution in [2.75, 3.05) is 25.3 Å². The number of aryl methyl sites for hydroxylation is 3. The van der Waals surface area contributed by atoms with E-state index in [0.717, 1.165) is 29.7 Å². The van der Waals surface area contributed by atoms with Gasteiger partial charge >= 0.3 is 124 Å². The molecular formula is C17H30NOP. The minimum absolute atomic E-state index is 0.188. The molecule has 3 heteroatoms. The van der Waals surface area contributed by atoms with Crippen LogP contribution in [0.2, 0.25) is 0 Å². The van der Waals surface area contributed by atoms with Gasteiger partial charge in [-0.15, -0.1) is 0 Å². The number of carbonyl (C=O) groups is 1. The second kappa shape index (κ2) is 6.72. The number of hydrogen-bond donors (Lipinski definition) is 1. The molecular weight excluding hydrogens is 265 g/mol. The number of amides is 1. The molecule has 0 aliphatic heterocycles. The summed E-state index contributed by atoms with van der Waals surface area (Å²) >= 11 is 0. The van der Waals surface area contributed by atoms with Crippen LogP contribution < -0.4 is 5.32 Å². The number of rotatable bonds is 5. The summed E-state index contributed by atoms with van der Waals surface area (Å²) in [5, 5.41) is 3.19. The third-order valence-corrected chi connectivity index (χ3v) is 6.51. The first-order valence-electron chi connectivity index (χ1n) is 7.55. The fourth-order valence-electron chi connectivity index (χ4n) is 2.83. The van der Waals surface area contributed by atoms with Gasteiger partial charge in [0.25, 0.3) is 0 Å². The first kappa shape index (κ1) is 17.2. The molecule has 0 saturated heterocycles. The van der Waals surface area contributed by atoms with Crippen molar-refractivity contribution in [3.8, 4) is 0 Å². The number of hydrogen-bond acceptors (Lipinski definition) is 1. The zero-order valence-electron chi connectivity index (χ0n) is 14.1. The molecule has 1 amide bonds. The van der Waals surface area contributed by atoms with Crippen LogP contribution in [0.5, 0.6) is 0 Å². The Morgan fingerprint density at radius 1 is 1.15 bits per heavy atom. The van der Waals surface area contributed by atoms with Crippen LogP contribution in [0.3, 0.4) is 0 Å². The Morgan fingerprint density at radius 2 is 1.65 bits per heavy atom. The second-order valence-electron chi connectivity index (χ2n) is 6.97. The van der Waals surface area contributed by atoms with Crippen LogP contribution in [-0.4, -0.2) is 31.6 Å². The van der Waals surface area contributed by atoms with Crippen LogP contribution in [-0.2, 0) is 4.79 Å². The maximum atomic E-state index is 12.7. The first-order valence-corrected chi connectivity index (χ1v) is 11.1. The molecule has 1 aromatic rings. The van der Waals surface area contributed by atoms with Gasteiger partial charge in [0.2, 0.25) is 0 Å². The molecule has 0 aliphatic rings. The van der Waals surface area contributed by atoms with E-state index in [2.05, 4.69) is 65.1 Å². The van der Waals surface area contributed by atoms with E-state index in [1.54, 1.807) is 0 Å². The fraction of sp³-hybridized carbons (Fsp3) is 0.588. The van der Waals surface area contributed by atoms with Crippen molar-refractivity contribution in [1.29, 1.82) is 0 Å². The van der Waals surface area contributed by atoms with Gasteiger partial charge in [-0.1, -0.05) is 0 Å². The van der Waals surface area contributed by atoms with E-state index in [-0.39, 0.29) is 11.6 Å². The van der Waals surface area contributed by atoms with Gasteiger partial charge in [0.1, 0.15) is 0 Å². The monoisotopic (exact) mass is 295 g/mol. The van der Waals surface area contributed by atoms with Gasteiger partial charge < -0.3 is 0 Å². The van der Waals surface area contributed by atoms with Gasteiger partial charge in [-0.2, -0.15) is 0 Å². The van der Waals surface area contributed by atoms with E-state index in [1.165, 1.54) is 5.56 Å². The van der Waals surface area contributed by atoms with E-state index in [1.807, 2.05) is 0 Å². The predicted octanol–water partition coefficient (Wildman–Crippen LogP) is 4.36. The molecule has 1 unspecified atom stereocenters.